The van der Waals surface area contributed by atoms with Crippen LogP contribution in [0.25, 0.3) is 0 Å². The first-order valence-corrected chi connectivity index (χ1v) is 7.15. The van der Waals surface area contributed by atoms with Gasteiger partial charge in [-0.05, 0) is 38.1 Å². The van der Waals surface area contributed by atoms with E-state index < -0.39 is 0 Å². The van der Waals surface area contributed by atoms with Crippen LogP contribution in [0.4, 0.5) is 4.39 Å². The van der Waals surface area contributed by atoms with E-state index in [0.29, 0.717) is 0 Å². The van der Waals surface area contributed by atoms with Gasteiger partial charge in [-0.1, -0.05) is 24.6 Å². The van der Waals surface area contributed by atoms with Gasteiger partial charge in [0.25, 0.3) is 0 Å². The smallest absolute Gasteiger partial charge is 0.141 e. The number of aryl methyl sites for hydroxylation is 1. The maximum Gasteiger partial charge on any atom is 0.141 e. The van der Waals surface area contributed by atoms with Crippen molar-refractivity contribution in [3.8, 4) is 5.75 Å². The van der Waals surface area contributed by atoms with Gasteiger partial charge in [-0.3, -0.25) is 4.98 Å². The number of halogens is 1. The Bertz CT molecular complexity index is 584. The van der Waals surface area contributed by atoms with Crippen LogP contribution in [0, 0.1) is 12.7 Å². The lowest BCUT2D eigenvalue weighted by Gasteiger charge is -2.21. The maximum atomic E-state index is 13.1. The van der Waals surface area contributed by atoms with E-state index in [0.717, 1.165) is 35.5 Å². The maximum absolute atomic E-state index is 13.1. The molecule has 0 amide bonds. The largest absolute Gasteiger partial charge is 0.496 e. The van der Waals surface area contributed by atoms with Gasteiger partial charge < -0.3 is 10.1 Å². The van der Waals surface area contributed by atoms with E-state index in [9.17, 15) is 4.39 Å². The predicted octanol–water partition coefficient (Wildman–Crippen LogP) is 3.63. The third-order valence-corrected chi connectivity index (χ3v) is 3.34. The molecule has 0 aliphatic heterocycles. The zero-order valence-electron chi connectivity index (χ0n) is 12.7. The molecule has 0 saturated carbocycles. The van der Waals surface area contributed by atoms with Crippen LogP contribution >= 0.6 is 0 Å². The number of nitrogens with one attached hydrogen (secondary N) is 1. The van der Waals surface area contributed by atoms with Gasteiger partial charge in [-0.2, -0.15) is 0 Å². The molecule has 1 aromatic heterocycles. The molecule has 0 spiro atoms. The van der Waals surface area contributed by atoms with Gasteiger partial charge in [0.2, 0.25) is 0 Å². The molecule has 0 aliphatic rings. The van der Waals surface area contributed by atoms with E-state index in [2.05, 4.69) is 23.3 Å². The Morgan fingerprint density at radius 3 is 2.71 bits per heavy atom. The van der Waals surface area contributed by atoms with Crippen LogP contribution in [0.1, 0.15) is 36.2 Å². The van der Waals surface area contributed by atoms with E-state index in [1.807, 2.05) is 19.1 Å². The van der Waals surface area contributed by atoms with Gasteiger partial charge in [-0.25, -0.2) is 4.39 Å². The van der Waals surface area contributed by atoms with Crippen molar-refractivity contribution in [2.24, 2.45) is 0 Å². The fourth-order valence-corrected chi connectivity index (χ4v) is 2.30. The van der Waals surface area contributed by atoms with E-state index in [1.54, 1.807) is 13.2 Å². The summed E-state index contributed by atoms with van der Waals surface area (Å²) >= 11 is 0. The molecule has 0 fully saturated rings. The molecule has 0 saturated heterocycles. The molecule has 1 atom stereocenters. The Kier molecular flexibility index (Phi) is 5.28. The lowest BCUT2D eigenvalue weighted by molar-refractivity contribution is 0.403. The lowest BCUT2D eigenvalue weighted by Crippen LogP contribution is -2.24. The average Bonchev–Trinajstić information content (AvgIpc) is 2.49. The number of hydrogen-bond acceptors (Lipinski definition) is 3. The number of rotatable bonds is 6. The number of pyridine rings is 1. The van der Waals surface area contributed by atoms with Gasteiger partial charge in [0.05, 0.1) is 25.0 Å². The zero-order valence-corrected chi connectivity index (χ0v) is 12.7. The molecule has 112 valence electrons. The van der Waals surface area contributed by atoms with Crippen LogP contribution < -0.4 is 10.1 Å². The highest BCUT2D eigenvalue weighted by molar-refractivity contribution is 5.42. The highest BCUT2D eigenvalue weighted by Gasteiger charge is 2.19. The third kappa shape index (κ3) is 3.79. The average molecular weight is 288 g/mol. The molecule has 4 heteroatoms. The Balaban J connectivity index is 2.44. The lowest BCUT2D eigenvalue weighted by atomic mass is 9.99. The van der Waals surface area contributed by atoms with Crippen molar-refractivity contribution in [3.05, 3.63) is 59.2 Å². The molecule has 1 heterocycles. The van der Waals surface area contributed by atoms with Crippen LogP contribution in [-0.2, 0) is 0 Å². The van der Waals surface area contributed by atoms with Crippen LogP contribution in [0.2, 0.25) is 0 Å². The molecular weight excluding hydrogens is 267 g/mol. The summed E-state index contributed by atoms with van der Waals surface area (Å²) in [4.78, 5) is 4.22. The van der Waals surface area contributed by atoms with E-state index >= 15 is 0 Å². The molecular formula is C17H21FN2O. The first-order valence-electron chi connectivity index (χ1n) is 7.15. The minimum absolute atomic E-state index is 0.111. The van der Waals surface area contributed by atoms with E-state index in [1.165, 1.54) is 12.3 Å². The van der Waals surface area contributed by atoms with Crippen LogP contribution in [0.5, 0.6) is 5.75 Å². The summed E-state index contributed by atoms with van der Waals surface area (Å²) in [5, 5.41) is 3.46. The second-order valence-electron chi connectivity index (χ2n) is 5.03. The van der Waals surface area contributed by atoms with Gasteiger partial charge in [0, 0.05) is 5.56 Å². The van der Waals surface area contributed by atoms with Gasteiger partial charge in [-0.15, -0.1) is 0 Å². The van der Waals surface area contributed by atoms with Crippen molar-refractivity contribution in [1.82, 2.24) is 10.3 Å². The molecule has 2 aromatic rings. The highest BCUT2D eigenvalue weighted by Crippen LogP contribution is 2.30. The molecule has 1 N–H and O–H groups in total. The van der Waals surface area contributed by atoms with E-state index in [-0.39, 0.29) is 11.9 Å². The topological polar surface area (TPSA) is 34.2 Å². The molecule has 0 bridgehead atoms. The summed E-state index contributed by atoms with van der Waals surface area (Å²) < 4.78 is 18.6. The highest BCUT2D eigenvalue weighted by atomic mass is 19.1. The summed E-state index contributed by atoms with van der Waals surface area (Å²) in [5.41, 5.74) is 2.95. The van der Waals surface area contributed by atoms with Gasteiger partial charge in [0.1, 0.15) is 11.6 Å². The van der Waals surface area contributed by atoms with Crippen LogP contribution in [0.15, 0.2) is 36.5 Å². The second-order valence-corrected chi connectivity index (χ2v) is 5.03. The second kappa shape index (κ2) is 7.18. The Morgan fingerprint density at radius 1 is 1.29 bits per heavy atom. The fourth-order valence-electron chi connectivity index (χ4n) is 2.30. The number of hydrogen-bond donors (Lipinski definition) is 1. The summed E-state index contributed by atoms with van der Waals surface area (Å²) in [6, 6.07) is 9.08. The summed E-state index contributed by atoms with van der Waals surface area (Å²) in [7, 11) is 1.66. The minimum Gasteiger partial charge on any atom is -0.496 e. The molecule has 1 aromatic carbocycles. The molecule has 3 nitrogen and oxygen atoms in total. The molecule has 1 unspecified atom stereocenters. The zero-order chi connectivity index (χ0) is 15.2. The molecule has 0 aliphatic carbocycles. The van der Waals surface area contributed by atoms with Gasteiger partial charge in [0.15, 0.2) is 0 Å². The third-order valence-electron chi connectivity index (χ3n) is 3.34. The number of ether oxygens (including phenoxy) is 1. The first kappa shape index (κ1) is 15.4. The minimum atomic E-state index is -0.329. The Morgan fingerprint density at radius 2 is 2.10 bits per heavy atom. The van der Waals surface area contributed by atoms with Crippen LogP contribution in [-0.4, -0.2) is 18.6 Å². The Labute approximate surface area is 125 Å². The molecule has 0 radical (unpaired) electrons. The number of methoxy groups -OCH3 is 1. The van der Waals surface area contributed by atoms with Crippen LogP contribution in [0.3, 0.4) is 0 Å². The number of benzene rings is 1. The Hall–Kier alpha value is -1.94. The van der Waals surface area contributed by atoms with Gasteiger partial charge >= 0.3 is 0 Å². The summed E-state index contributed by atoms with van der Waals surface area (Å²) in [6.45, 7) is 4.99. The fraction of sp³-hybridized carbons (Fsp3) is 0.353. The van der Waals surface area contributed by atoms with E-state index in [4.69, 9.17) is 4.74 Å². The monoisotopic (exact) mass is 288 g/mol. The number of nitrogens with zero attached hydrogens (tertiary/aromatic N) is 1. The van der Waals surface area contributed by atoms with Crippen molar-refractivity contribution in [3.63, 3.8) is 0 Å². The van der Waals surface area contributed by atoms with Crippen molar-refractivity contribution in [2.75, 3.05) is 13.7 Å². The predicted molar refractivity (Wildman–Crippen MR) is 82.1 cm³/mol. The molecule has 2 rings (SSSR count). The standard InChI is InChI=1S/C17H21FN2O/c1-4-9-19-17(15-7-6-13(18)11-20-15)14-10-12(2)5-8-16(14)21-3/h5-8,10-11,17,19H,4,9H2,1-3H3. The van der Waals surface area contributed by atoms with Crippen molar-refractivity contribution < 1.29 is 9.13 Å². The van der Waals surface area contributed by atoms with Crippen molar-refractivity contribution in [1.29, 1.82) is 0 Å². The normalized spacial score (nSPS) is 12.2. The SMILES string of the molecule is CCCNC(c1ccc(F)cn1)c1cc(C)ccc1OC. The number of aromatic nitrogens is 1. The van der Waals surface area contributed by atoms with Crippen molar-refractivity contribution >= 4 is 0 Å². The quantitative estimate of drug-likeness (QED) is 0.881. The molecule has 21 heavy (non-hydrogen) atoms. The van der Waals surface area contributed by atoms with Crippen molar-refractivity contribution in [2.45, 2.75) is 26.3 Å². The summed E-state index contributed by atoms with van der Waals surface area (Å²) in [6.07, 6.45) is 2.25. The first-order chi connectivity index (χ1) is 10.2. The summed E-state index contributed by atoms with van der Waals surface area (Å²) in [5.74, 6) is 0.476.